The SMILES string of the molecule is O=S(=O)(O)CC1N=C(NC(O)O)NC(=NC(O)O)N1NCO. The Balaban J connectivity index is 3.18. The van der Waals surface area contributed by atoms with Gasteiger partial charge < -0.3 is 30.8 Å². The molecule has 1 heterocycles. The Kier molecular flexibility index (Phi) is 6.38. The number of hydrogen-bond donors (Lipinski definition) is 9. The summed E-state index contributed by atoms with van der Waals surface area (Å²) in [5.74, 6) is -1.76. The van der Waals surface area contributed by atoms with Gasteiger partial charge in [0.25, 0.3) is 16.5 Å². The minimum absolute atomic E-state index is 0.376. The van der Waals surface area contributed by atoms with Crippen LogP contribution < -0.4 is 16.1 Å². The molecule has 0 aromatic heterocycles. The van der Waals surface area contributed by atoms with E-state index in [1.54, 1.807) is 0 Å². The molecular weight excluding hydrogens is 328 g/mol. The Morgan fingerprint density at radius 2 is 2.00 bits per heavy atom. The Bertz CT molecular complexity index is 533. The summed E-state index contributed by atoms with van der Waals surface area (Å²) in [7, 11) is -4.51. The maximum absolute atomic E-state index is 11.0. The van der Waals surface area contributed by atoms with Crippen LogP contribution in [-0.4, -0.2) is 86.9 Å². The summed E-state index contributed by atoms with van der Waals surface area (Å²) >= 11 is 0. The maximum Gasteiger partial charge on any atom is 0.268 e. The molecule has 14 nitrogen and oxygen atoms in total. The van der Waals surface area contributed by atoms with Crippen molar-refractivity contribution in [2.24, 2.45) is 9.98 Å². The number of aliphatic hydroxyl groups excluding tert-OH is 3. The number of rotatable bonds is 6. The first-order valence-corrected chi connectivity index (χ1v) is 7.23. The fourth-order valence-electron chi connectivity index (χ4n) is 1.50. The monoisotopic (exact) mass is 344 g/mol. The summed E-state index contributed by atoms with van der Waals surface area (Å²) in [5, 5.41) is 49.3. The lowest BCUT2D eigenvalue weighted by molar-refractivity contribution is -0.0518. The van der Waals surface area contributed by atoms with E-state index in [1.807, 2.05) is 5.32 Å². The number of guanidine groups is 2. The molecule has 0 saturated heterocycles. The fourth-order valence-corrected chi connectivity index (χ4v) is 2.10. The molecule has 1 atom stereocenters. The molecule has 0 amide bonds. The third-order valence-electron chi connectivity index (χ3n) is 2.14. The molecule has 0 radical (unpaired) electrons. The van der Waals surface area contributed by atoms with E-state index in [4.69, 9.17) is 30.1 Å². The average Bonchev–Trinajstić information content (AvgIpc) is 2.29. The first-order chi connectivity index (χ1) is 10.1. The summed E-state index contributed by atoms with van der Waals surface area (Å²) < 4.78 is 30.9. The van der Waals surface area contributed by atoms with Gasteiger partial charge in [-0.15, -0.1) is 0 Å². The van der Waals surface area contributed by atoms with Crippen LogP contribution in [0.5, 0.6) is 0 Å². The molecule has 15 heteroatoms. The first-order valence-electron chi connectivity index (χ1n) is 5.62. The molecule has 1 unspecified atom stereocenters. The first kappa shape index (κ1) is 18.5. The second kappa shape index (κ2) is 7.61. The van der Waals surface area contributed by atoms with Crippen LogP contribution in [0.1, 0.15) is 0 Å². The van der Waals surface area contributed by atoms with Crippen LogP contribution in [0.3, 0.4) is 0 Å². The van der Waals surface area contributed by atoms with Crippen molar-refractivity contribution in [3.63, 3.8) is 0 Å². The highest BCUT2D eigenvalue weighted by molar-refractivity contribution is 7.85. The molecule has 0 bridgehead atoms. The second-order valence-electron chi connectivity index (χ2n) is 3.84. The van der Waals surface area contributed by atoms with Gasteiger partial charge in [0.1, 0.15) is 12.5 Å². The number of nitrogens with zero attached hydrogens (tertiary/aromatic N) is 3. The van der Waals surface area contributed by atoms with Crippen molar-refractivity contribution < 1.29 is 38.5 Å². The van der Waals surface area contributed by atoms with E-state index in [1.165, 1.54) is 0 Å². The van der Waals surface area contributed by atoms with E-state index in [0.717, 1.165) is 5.01 Å². The molecule has 1 aliphatic rings. The zero-order valence-corrected chi connectivity index (χ0v) is 11.7. The van der Waals surface area contributed by atoms with Crippen LogP contribution in [0.25, 0.3) is 0 Å². The summed E-state index contributed by atoms with van der Waals surface area (Å²) in [5.41, 5.74) is 2.22. The molecule has 0 fully saturated rings. The maximum atomic E-state index is 11.0. The zero-order chi connectivity index (χ0) is 16.9. The lowest BCUT2D eigenvalue weighted by Crippen LogP contribution is -2.63. The molecule has 22 heavy (non-hydrogen) atoms. The minimum atomic E-state index is -4.51. The van der Waals surface area contributed by atoms with Crippen LogP contribution in [0.2, 0.25) is 0 Å². The Hall–Kier alpha value is -1.59. The highest BCUT2D eigenvalue weighted by atomic mass is 32.2. The quantitative estimate of drug-likeness (QED) is 0.163. The summed E-state index contributed by atoms with van der Waals surface area (Å²) in [6.45, 7) is -0.703. The van der Waals surface area contributed by atoms with E-state index in [9.17, 15) is 8.42 Å². The number of aliphatic hydroxyl groups is 5. The summed E-state index contributed by atoms with van der Waals surface area (Å²) in [6.07, 6.45) is -5.67. The van der Waals surface area contributed by atoms with Gasteiger partial charge in [-0.2, -0.15) is 13.4 Å². The van der Waals surface area contributed by atoms with E-state index in [0.29, 0.717) is 0 Å². The van der Waals surface area contributed by atoms with Gasteiger partial charge in [0.15, 0.2) is 6.17 Å². The van der Waals surface area contributed by atoms with Crippen molar-refractivity contribution in [2.45, 2.75) is 19.0 Å². The van der Waals surface area contributed by atoms with Gasteiger partial charge in [0.05, 0.1) is 0 Å². The number of nitrogens with one attached hydrogen (secondary N) is 3. The van der Waals surface area contributed by atoms with Crippen molar-refractivity contribution in [1.82, 2.24) is 21.1 Å². The summed E-state index contributed by atoms with van der Waals surface area (Å²) in [6, 6.07) is 0. The molecule has 1 rings (SSSR count). The van der Waals surface area contributed by atoms with E-state index in [2.05, 4.69) is 20.7 Å². The van der Waals surface area contributed by atoms with E-state index in [-0.39, 0.29) is 5.96 Å². The second-order valence-corrected chi connectivity index (χ2v) is 5.33. The van der Waals surface area contributed by atoms with Crippen molar-refractivity contribution in [1.29, 1.82) is 0 Å². The summed E-state index contributed by atoms with van der Waals surface area (Å²) in [4.78, 5) is 6.99. The van der Waals surface area contributed by atoms with Gasteiger partial charge in [-0.3, -0.25) is 9.87 Å². The predicted molar refractivity (Wildman–Crippen MR) is 69.9 cm³/mol. The van der Waals surface area contributed by atoms with Crippen molar-refractivity contribution >= 4 is 22.0 Å². The van der Waals surface area contributed by atoms with Crippen molar-refractivity contribution in [3.05, 3.63) is 0 Å². The van der Waals surface area contributed by atoms with Crippen molar-refractivity contribution in [2.75, 3.05) is 12.5 Å². The number of hydrogen-bond acceptors (Lipinski definition) is 11. The molecule has 1 aliphatic heterocycles. The Labute approximate surface area is 124 Å². The standard InChI is InChI=1S/C7H16N6O8S/c14-2-8-13-3(1-22(19,20)21)9-4(11-6(15)16)10-5(13)12-7(17)18/h3,6-8,14-18H,1-2H2,(H,19,20,21)(H2,9,10,11,12). The Morgan fingerprint density at radius 3 is 2.45 bits per heavy atom. The lowest BCUT2D eigenvalue weighted by atomic mass is 10.5. The van der Waals surface area contributed by atoms with Gasteiger partial charge in [-0.25, -0.2) is 15.4 Å². The van der Waals surface area contributed by atoms with E-state index < -0.39 is 47.6 Å². The van der Waals surface area contributed by atoms with Gasteiger partial charge >= 0.3 is 0 Å². The molecule has 0 aromatic rings. The van der Waals surface area contributed by atoms with Gasteiger partial charge in [0, 0.05) is 0 Å². The number of aliphatic imine (C=N–C) groups is 2. The number of hydrazine groups is 1. The fraction of sp³-hybridized carbons (Fsp3) is 0.714. The highest BCUT2D eigenvalue weighted by Crippen LogP contribution is 2.08. The highest BCUT2D eigenvalue weighted by Gasteiger charge is 2.32. The zero-order valence-electron chi connectivity index (χ0n) is 10.9. The van der Waals surface area contributed by atoms with Crippen LogP contribution in [0.15, 0.2) is 9.98 Å². The van der Waals surface area contributed by atoms with Crippen LogP contribution >= 0.6 is 0 Å². The molecule has 0 aliphatic carbocycles. The minimum Gasteiger partial charge on any atom is -0.380 e. The smallest absolute Gasteiger partial charge is 0.268 e. The van der Waals surface area contributed by atoms with Crippen LogP contribution in [0.4, 0.5) is 0 Å². The lowest BCUT2D eigenvalue weighted by Gasteiger charge is -2.35. The normalized spacial score (nSPS) is 21.3. The molecule has 9 N–H and O–H groups in total. The van der Waals surface area contributed by atoms with Gasteiger partial charge in [0.2, 0.25) is 18.3 Å². The predicted octanol–water partition coefficient (Wildman–Crippen LogP) is -5.60. The third kappa shape index (κ3) is 6.03. The molecule has 0 saturated carbocycles. The molecular formula is C7H16N6O8S. The van der Waals surface area contributed by atoms with Gasteiger partial charge in [-0.1, -0.05) is 0 Å². The molecule has 0 aromatic carbocycles. The third-order valence-corrected chi connectivity index (χ3v) is 2.86. The molecule has 0 spiro atoms. The topological polar surface area (TPSA) is 220 Å². The largest absolute Gasteiger partial charge is 0.380 e. The van der Waals surface area contributed by atoms with Crippen LogP contribution in [-0.2, 0) is 10.1 Å². The van der Waals surface area contributed by atoms with Gasteiger partial charge in [-0.05, 0) is 0 Å². The average molecular weight is 344 g/mol. The Morgan fingerprint density at radius 1 is 1.36 bits per heavy atom. The van der Waals surface area contributed by atoms with Crippen molar-refractivity contribution in [3.8, 4) is 0 Å². The van der Waals surface area contributed by atoms with E-state index >= 15 is 0 Å². The van der Waals surface area contributed by atoms with Crippen LogP contribution in [0, 0.1) is 0 Å². The molecule has 128 valence electrons.